The maximum absolute atomic E-state index is 13.7. The van der Waals surface area contributed by atoms with Gasteiger partial charge in [0.25, 0.3) is 5.91 Å². The van der Waals surface area contributed by atoms with Crippen molar-refractivity contribution in [2.75, 3.05) is 72.6 Å². The zero-order valence-electron chi connectivity index (χ0n) is 18.4. The summed E-state index contributed by atoms with van der Waals surface area (Å²) < 4.78 is 16.4. The Bertz CT molecular complexity index is 777. The van der Waals surface area contributed by atoms with Gasteiger partial charge in [-0.15, -0.1) is 0 Å². The third-order valence-electron chi connectivity index (χ3n) is 6.28. The molecule has 3 aliphatic rings. The fourth-order valence-electron chi connectivity index (χ4n) is 4.34. The Kier molecular flexibility index (Phi) is 6.76. The van der Waals surface area contributed by atoms with E-state index in [2.05, 4.69) is 9.80 Å². The first-order chi connectivity index (χ1) is 15.0. The molecule has 4 rings (SSSR count). The van der Waals surface area contributed by atoms with Crippen LogP contribution in [0.25, 0.3) is 0 Å². The number of amides is 3. The highest BCUT2D eigenvalue weighted by atomic mass is 16.5. The molecule has 1 atom stereocenters. The van der Waals surface area contributed by atoms with Gasteiger partial charge < -0.3 is 14.2 Å². The Hall–Kier alpha value is -2.20. The largest absolute Gasteiger partial charge is 0.494 e. The Labute approximate surface area is 183 Å². The van der Waals surface area contributed by atoms with Crippen LogP contribution in [0, 0.1) is 0 Å². The van der Waals surface area contributed by atoms with E-state index < -0.39 is 5.54 Å². The van der Waals surface area contributed by atoms with Gasteiger partial charge in [0, 0.05) is 26.2 Å². The van der Waals surface area contributed by atoms with E-state index in [0.717, 1.165) is 24.4 Å². The summed E-state index contributed by atoms with van der Waals surface area (Å²) in [6.45, 7) is 10.4. The van der Waals surface area contributed by atoms with E-state index in [1.165, 1.54) is 4.90 Å². The molecule has 0 saturated carbocycles. The van der Waals surface area contributed by atoms with E-state index in [1.54, 1.807) is 4.90 Å². The Balaban J connectivity index is 1.62. The smallest absolute Gasteiger partial charge is 0.330 e. The lowest BCUT2D eigenvalue weighted by atomic mass is 9.90. The van der Waals surface area contributed by atoms with E-state index in [4.69, 9.17) is 14.2 Å². The fourth-order valence-corrected chi connectivity index (χ4v) is 4.34. The molecule has 0 aromatic heterocycles. The zero-order chi connectivity index (χ0) is 21.8. The quantitative estimate of drug-likeness (QED) is 0.598. The molecule has 0 radical (unpaired) electrons. The van der Waals surface area contributed by atoms with Gasteiger partial charge in [0.15, 0.2) is 0 Å². The topological polar surface area (TPSA) is 74.8 Å². The molecule has 0 spiro atoms. The lowest BCUT2D eigenvalue weighted by Gasteiger charge is -2.37. The Morgan fingerprint density at radius 2 is 1.45 bits per heavy atom. The van der Waals surface area contributed by atoms with Gasteiger partial charge in [0.05, 0.1) is 46.4 Å². The van der Waals surface area contributed by atoms with Gasteiger partial charge in [-0.25, -0.2) is 9.69 Å². The molecule has 1 aromatic carbocycles. The number of benzene rings is 1. The standard InChI is InChI=1S/C22H32N4O5/c1-3-31-19-6-4-18(5-7-19)22(2)20(27)25(16-23-8-12-29-13-9-23)21(28)26(22)17-24-10-14-30-15-11-24/h4-7H,3,8-17H2,1-2H3. The van der Waals surface area contributed by atoms with Crippen molar-refractivity contribution < 1.29 is 23.8 Å². The van der Waals surface area contributed by atoms with Crippen LogP contribution in [0.3, 0.4) is 0 Å². The zero-order valence-corrected chi connectivity index (χ0v) is 18.4. The minimum Gasteiger partial charge on any atom is -0.494 e. The second-order valence-corrected chi connectivity index (χ2v) is 8.22. The summed E-state index contributed by atoms with van der Waals surface area (Å²) in [5, 5.41) is 0. The van der Waals surface area contributed by atoms with Crippen molar-refractivity contribution in [1.82, 2.24) is 19.6 Å². The summed E-state index contributed by atoms with van der Waals surface area (Å²) in [7, 11) is 0. The van der Waals surface area contributed by atoms with Crippen molar-refractivity contribution >= 4 is 11.9 Å². The molecule has 170 valence electrons. The first-order valence-corrected chi connectivity index (χ1v) is 11.0. The number of carbonyl (C=O) groups is 2. The molecule has 3 saturated heterocycles. The van der Waals surface area contributed by atoms with Gasteiger partial charge in [0.2, 0.25) is 0 Å². The van der Waals surface area contributed by atoms with Crippen LogP contribution in [0.1, 0.15) is 19.4 Å². The number of urea groups is 1. The molecule has 0 N–H and O–H groups in total. The van der Waals surface area contributed by atoms with Crippen LogP contribution in [0.2, 0.25) is 0 Å². The number of hydrogen-bond donors (Lipinski definition) is 0. The fraction of sp³-hybridized carbons (Fsp3) is 0.636. The van der Waals surface area contributed by atoms with Gasteiger partial charge >= 0.3 is 6.03 Å². The van der Waals surface area contributed by atoms with Crippen LogP contribution in [0.4, 0.5) is 4.79 Å². The Morgan fingerprint density at radius 3 is 2.00 bits per heavy atom. The molecule has 9 nitrogen and oxygen atoms in total. The van der Waals surface area contributed by atoms with Crippen LogP contribution in [0.15, 0.2) is 24.3 Å². The molecule has 3 heterocycles. The minimum atomic E-state index is -1.08. The van der Waals surface area contributed by atoms with Crippen LogP contribution < -0.4 is 4.74 Å². The van der Waals surface area contributed by atoms with Crippen molar-refractivity contribution in [1.29, 1.82) is 0 Å². The number of hydrogen-bond acceptors (Lipinski definition) is 7. The van der Waals surface area contributed by atoms with Gasteiger partial charge in [-0.2, -0.15) is 0 Å². The lowest BCUT2D eigenvalue weighted by Crippen LogP contribution is -2.51. The van der Waals surface area contributed by atoms with Gasteiger partial charge in [0.1, 0.15) is 11.3 Å². The molecule has 9 heteroatoms. The summed E-state index contributed by atoms with van der Waals surface area (Å²) in [5.74, 6) is 0.554. The molecule has 3 amide bonds. The highest BCUT2D eigenvalue weighted by Gasteiger charge is 2.56. The monoisotopic (exact) mass is 432 g/mol. The predicted octanol–water partition coefficient (Wildman–Crippen LogP) is 1.14. The highest BCUT2D eigenvalue weighted by Crippen LogP contribution is 2.38. The predicted molar refractivity (Wildman–Crippen MR) is 114 cm³/mol. The van der Waals surface area contributed by atoms with Crippen LogP contribution >= 0.6 is 0 Å². The maximum Gasteiger partial charge on any atom is 0.330 e. The summed E-state index contributed by atoms with van der Waals surface area (Å²) in [5.41, 5.74) is -0.293. The minimum absolute atomic E-state index is 0.193. The third kappa shape index (κ3) is 4.41. The van der Waals surface area contributed by atoms with Crippen molar-refractivity contribution in [3.8, 4) is 5.75 Å². The summed E-state index contributed by atoms with van der Waals surface area (Å²) in [6.07, 6.45) is 0. The van der Waals surface area contributed by atoms with E-state index >= 15 is 0 Å². The second kappa shape index (κ2) is 9.52. The van der Waals surface area contributed by atoms with Gasteiger partial charge in [-0.05, 0) is 31.5 Å². The van der Waals surface area contributed by atoms with Gasteiger partial charge in [-0.3, -0.25) is 19.5 Å². The number of morpholine rings is 2. The molecular weight excluding hydrogens is 400 g/mol. The second-order valence-electron chi connectivity index (χ2n) is 8.22. The number of rotatable bonds is 7. The molecule has 0 bridgehead atoms. The van der Waals surface area contributed by atoms with Crippen molar-refractivity contribution in [3.63, 3.8) is 0 Å². The van der Waals surface area contributed by atoms with Crippen LogP contribution in [-0.2, 0) is 19.8 Å². The molecule has 0 aliphatic carbocycles. The molecule has 1 aromatic rings. The van der Waals surface area contributed by atoms with Crippen molar-refractivity contribution in [3.05, 3.63) is 29.8 Å². The third-order valence-corrected chi connectivity index (χ3v) is 6.28. The molecule has 1 unspecified atom stereocenters. The average molecular weight is 433 g/mol. The molecule has 3 fully saturated rings. The van der Waals surface area contributed by atoms with E-state index in [0.29, 0.717) is 52.8 Å². The summed E-state index contributed by atoms with van der Waals surface area (Å²) >= 11 is 0. The summed E-state index contributed by atoms with van der Waals surface area (Å²) in [4.78, 5) is 34.6. The molecular formula is C22H32N4O5. The summed E-state index contributed by atoms with van der Waals surface area (Å²) in [6, 6.07) is 7.25. The molecule has 3 aliphatic heterocycles. The van der Waals surface area contributed by atoms with Gasteiger partial charge in [-0.1, -0.05) is 12.1 Å². The first kappa shape index (κ1) is 22.0. The lowest BCUT2D eigenvalue weighted by molar-refractivity contribution is -0.135. The van der Waals surface area contributed by atoms with E-state index in [-0.39, 0.29) is 18.6 Å². The van der Waals surface area contributed by atoms with Crippen molar-refractivity contribution in [2.45, 2.75) is 19.4 Å². The van der Waals surface area contributed by atoms with Crippen LogP contribution in [0.5, 0.6) is 5.75 Å². The average Bonchev–Trinajstić information content (AvgIpc) is 2.98. The molecule has 31 heavy (non-hydrogen) atoms. The highest BCUT2D eigenvalue weighted by molar-refractivity contribution is 6.07. The maximum atomic E-state index is 13.7. The first-order valence-electron chi connectivity index (χ1n) is 11.0. The normalized spacial score (nSPS) is 26.0. The van der Waals surface area contributed by atoms with Crippen molar-refractivity contribution in [2.24, 2.45) is 0 Å². The van der Waals surface area contributed by atoms with Crippen LogP contribution in [-0.4, -0.2) is 104 Å². The number of imide groups is 1. The number of carbonyl (C=O) groups excluding carboxylic acids is 2. The number of nitrogens with zero attached hydrogens (tertiary/aromatic N) is 4. The van der Waals surface area contributed by atoms with E-state index in [1.807, 2.05) is 38.1 Å². The Morgan fingerprint density at radius 1 is 0.903 bits per heavy atom. The number of ether oxygens (including phenoxy) is 3. The SMILES string of the molecule is CCOc1ccc(C2(C)C(=O)N(CN3CCOCC3)C(=O)N2CN2CCOCC2)cc1. The van der Waals surface area contributed by atoms with E-state index in [9.17, 15) is 9.59 Å².